The smallest absolute Gasteiger partial charge is 0.00732 e. The first-order valence-corrected chi connectivity index (χ1v) is 11.3. The fourth-order valence-electron chi connectivity index (χ4n) is 4.61. The van der Waals surface area contributed by atoms with Gasteiger partial charge in [-0.3, -0.25) is 0 Å². The van der Waals surface area contributed by atoms with Crippen molar-refractivity contribution in [1.29, 1.82) is 0 Å². The van der Waals surface area contributed by atoms with Gasteiger partial charge in [-0.15, -0.1) is 0 Å². The topological polar surface area (TPSA) is 0 Å². The molecule has 30 heavy (non-hydrogen) atoms. The Kier molecular flexibility index (Phi) is 5.95. The van der Waals surface area contributed by atoms with E-state index < -0.39 is 0 Å². The Hall–Kier alpha value is -2.60. The Morgan fingerprint density at radius 2 is 1.50 bits per heavy atom. The molecule has 0 amide bonds. The van der Waals surface area contributed by atoms with Crippen LogP contribution in [-0.2, 0) is 0 Å². The van der Waals surface area contributed by atoms with Crippen LogP contribution < -0.4 is 0 Å². The number of hydrogen-bond acceptors (Lipinski definition) is 0. The lowest BCUT2D eigenvalue weighted by molar-refractivity contribution is 0.331. The summed E-state index contributed by atoms with van der Waals surface area (Å²) in [5.74, 6) is 0.564. The predicted octanol–water partition coefficient (Wildman–Crippen LogP) is 8.40. The van der Waals surface area contributed by atoms with Crippen molar-refractivity contribution in [2.75, 3.05) is 0 Å². The van der Waals surface area contributed by atoms with E-state index in [1.807, 2.05) is 0 Å². The fraction of sp³-hybridized carbons (Fsp3) is 0.333. The molecule has 2 atom stereocenters. The summed E-state index contributed by atoms with van der Waals surface area (Å²) in [7, 11) is 0. The van der Waals surface area contributed by atoms with Crippen molar-refractivity contribution >= 4 is 5.57 Å². The van der Waals surface area contributed by atoms with Gasteiger partial charge in [0.2, 0.25) is 0 Å². The molecule has 154 valence electrons. The maximum Gasteiger partial charge on any atom is 0.00732 e. The molecule has 0 nitrogen and oxygen atoms in total. The van der Waals surface area contributed by atoms with Crippen LogP contribution in [0.15, 0.2) is 108 Å². The molecule has 0 aliphatic heterocycles. The van der Waals surface area contributed by atoms with Crippen LogP contribution in [-0.4, -0.2) is 0 Å². The summed E-state index contributed by atoms with van der Waals surface area (Å²) in [5.41, 5.74) is 5.76. The molecule has 3 aliphatic rings. The largest absolute Gasteiger partial charge is 0.0836 e. The van der Waals surface area contributed by atoms with Crippen LogP contribution in [0.25, 0.3) is 5.57 Å². The standard InChI is InChI=1S/C30H34/c1-29(2)20-8-13-26(18-22-29)25-12-7-15-28(17-16-25)30(3)21-9-14-27(19-23-30)24-10-5-4-6-11-24/h4-14,16,18-19,21,23,28H,15,17,20,22H2,1-3H3. The van der Waals surface area contributed by atoms with Gasteiger partial charge in [-0.05, 0) is 59.3 Å². The third-order valence-corrected chi connectivity index (χ3v) is 6.86. The van der Waals surface area contributed by atoms with Crippen molar-refractivity contribution in [3.05, 3.63) is 114 Å². The highest BCUT2D eigenvalue weighted by molar-refractivity contribution is 5.76. The van der Waals surface area contributed by atoms with Crippen LogP contribution in [0.2, 0.25) is 0 Å². The van der Waals surface area contributed by atoms with Crippen LogP contribution >= 0.6 is 0 Å². The molecule has 0 aromatic heterocycles. The second-order valence-corrected chi connectivity index (χ2v) is 9.91. The molecule has 0 bridgehead atoms. The van der Waals surface area contributed by atoms with Crippen molar-refractivity contribution in [2.45, 2.75) is 46.5 Å². The maximum absolute atomic E-state index is 2.46. The molecule has 0 fully saturated rings. The zero-order valence-electron chi connectivity index (χ0n) is 18.6. The minimum Gasteiger partial charge on any atom is -0.0836 e. The lowest BCUT2D eigenvalue weighted by Crippen LogP contribution is -2.22. The lowest BCUT2D eigenvalue weighted by atomic mass is 9.73. The first-order chi connectivity index (χ1) is 14.5. The molecule has 0 saturated heterocycles. The van der Waals surface area contributed by atoms with E-state index >= 15 is 0 Å². The molecule has 0 saturated carbocycles. The molecular formula is C30H34. The van der Waals surface area contributed by atoms with Gasteiger partial charge in [0.1, 0.15) is 0 Å². The van der Waals surface area contributed by atoms with Gasteiger partial charge in [-0.1, -0.05) is 118 Å². The minimum atomic E-state index is 0.0545. The highest BCUT2D eigenvalue weighted by Crippen LogP contribution is 2.41. The number of allylic oxidation sites excluding steroid dienone is 14. The Balaban J connectivity index is 1.52. The van der Waals surface area contributed by atoms with Gasteiger partial charge in [0.05, 0.1) is 0 Å². The van der Waals surface area contributed by atoms with E-state index in [-0.39, 0.29) is 5.41 Å². The Bertz CT molecular complexity index is 972. The molecule has 1 aromatic carbocycles. The predicted molar refractivity (Wildman–Crippen MR) is 131 cm³/mol. The Morgan fingerprint density at radius 3 is 2.33 bits per heavy atom. The summed E-state index contributed by atoms with van der Waals surface area (Å²) in [6.45, 7) is 7.09. The SMILES string of the molecule is CC1(C)CC=CC(C2=CCC(C3(C)C=CC=C(c4ccccc4)C=C3)CC=C2)=CC1. The summed E-state index contributed by atoms with van der Waals surface area (Å²) in [6, 6.07) is 10.7. The molecular weight excluding hydrogens is 360 g/mol. The van der Waals surface area contributed by atoms with Crippen LogP contribution in [0.1, 0.15) is 52.0 Å². The van der Waals surface area contributed by atoms with Crippen molar-refractivity contribution in [3.8, 4) is 0 Å². The van der Waals surface area contributed by atoms with Gasteiger partial charge in [-0.25, -0.2) is 0 Å². The van der Waals surface area contributed by atoms with E-state index in [1.165, 1.54) is 22.3 Å². The summed E-state index contributed by atoms with van der Waals surface area (Å²) < 4.78 is 0. The zero-order valence-corrected chi connectivity index (χ0v) is 18.6. The van der Waals surface area contributed by atoms with Crippen molar-refractivity contribution in [3.63, 3.8) is 0 Å². The third-order valence-electron chi connectivity index (χ3n) is 6.86. The molecule has 0 N–H and O–H groups in total. The highest BCUT2D eigenvalue weighted by Gasteiger charge is 2.29. The first-order valence-electron chi connectivity index (χ1n) is 11.3. The minimum absolute atomic E-state index is 0.0545. The zero-order chi connectivity index (χ0) is 21.0. The van der Waals surface area contributed by atoms with E-state index in [1.54, 1.807) is 0 Å². The van der Waals surface area contributed by atoms with Crippen molar-refractivity contribution in [1.82, 2.24) is 0 Å². The first kappa shape index (κ1) is 20.7. The number of hydrogen-bond donors (Lipinski definition) is 0. The number of benzene rings is 1. The molecule has 0 heterocycles. The lowest BCUT2D eigenvalue weighted by Gasteiger charge is -2.31. The van der Waals surface area contributed by atoms with Crippen molar-refractivity contribution in [2.24, 2.45) is 16.7 Å². The normalized spacial score (nSPS) is 28.1. The molecule has 1 aromatic rings. The van der Waals surface area contributed by atoms with Gasteiger partial charge in [0.15, 0.2) is 0 Å². The van der Waals surface area contributed by atoms with E-state index in [0.29, 0.717) is 11.3 Å². The Labute approximate surface area is 182 Å². The van der Waals surface area contributed by atoms with Gasteiger partial charge in [-0.2, -0.15) is 0 Å². The molecule has 4 rings (SSSR count). The van der Waals surface area contributed by atoms with Gasteiger partial charge >= 0.3 is 0 Å². The highest BCUT2D eigenvalue weighted by atomic mass is 14.3. The van der Waals surface area contributed by atoms with Crippen LogP contribution in [0, 0.1) is 16.7 Å². The maximum atomic E-state index is 2.46. The summed E-state index contributed by atoms with van der Waals surface area (Å²) in [5, 5.41) is 0. The monoisotopic (exact) mass is 394 g/mol. The quantitative estimate of drug-likeness (QED) is 0.483. The van der Waals surface area contributed by atoms with Crippen LogP contribution in [0.4, 0.5) is 0 Å². The number of rotatable bonds is 3. The molecule has 0 spiro atoms. The van der Waals surface area contributed by atoms with Crippen LogP contribution in [0.5, 0.6) is 0 Å². The van der Waals surface area contributed by atoms with Gasteiger partial charge < -0.3 is 0 Å². The summed E-state index contributed by atoms with van der Waals surface area (Å²) >= 11 is 0. The molecule has 3 aliphatic carbocycles. The second-order valence-electron chi connectivity index (χ2n) is 9.91. The average molecular weight is 395 g/mol. The molecule has 2 unspecified atom stereocenters. The molecule has 0 radical (unpaired) electrons. The summed E-state index contributed by atoms with van der Waals surface area (Å²) in [4.78, 5) is 0. The van der Waals surface area contributed by atoms with E-state index in [9.17, 15) is 0 Å². The van der Waals surface area contributed by atoms with Crippen LogP contribution in [0.3, 0.4) is 0 Å². The summed E-state index contributed by atoms with van der Waals surface area (Å²) in [6.07, 6.45) is 30.4. The second kappa shape index (κ2) is 8.64. The molecule has 0 heteroatoms. The van der Waals surface area contributed by atoms with Gasteiger partial charge in [0, 0.05) is 5.41 Å². The van der Waals surface area contributed by atoms with E-state index in [4.69, 9.17) is 0 Å². The fourth-order valence-corrected chi connectivity index (χ4v) is 4.61. The third kappa shape index (κ3) is 4.75. The van der Waals surface area contributed by atoms with E-state index in [0.717, 1.165) is 25.7 Å². The van der Waals surface area contributed by atoms with Gasteiger partial charge in [0.25, 0.3) is 0 Å². The average Bonchev–Trinajstić information content (AvgIpc) is 3.17. The Morgan fingerprint density at radius 1 is 0.733 bits per heavy atom. The van der Waals surface area contributed by atoms with Crippen molar-refractivity contribution < 1.29 is 0 Å². The van der Waals surface area contributed by atoms with E-state index in [2.05, 4.69) is 118 Å².